The lowest BCUT2D eigenvalue weighted by Gasteiger charge is -2.26. The normalized spacial score (nSPS) is 30.4. The molecule has 0 amide bonds. The molecule has 2 unspecified atom stereocenters. The van der Waals surface area contributed by atoms with Crippen LogP contribution in [0.2, 0.25) is 0 Å². The molecule has 2 atom stereocenters. The molecule has 0 N–H and O–H groups in total. The molecule has 0 saturated carbocycles. The van der Waals surface area contributed by atoms with Gasteiger partial charge in [0.05, 0.1) is 5.02 Å². The average Bonchev–Trinajstić information content (AvgIpc) is 2.02. The third-order valence-corrected chi connectivity index (χ3v) is 2.21. The first-order chi connectivity index (χ1) is 6.11. The van der Waals surface area contributed by atoms with Gasteiger partial charge in [0.2, 0.25) is 0 Å². The smallest absolute Gasteiger partial charge is 0.130 e. The Hall–Kier alpha value is -1.00. The second-order valence-electron chi connectivity index (χ2n) is 3.83. The van der Waals surface area contributed by atoms with Crippen molar-refractivity contribution in [2.24, 2.45) is 17.1 Å². The van der Waals surface area contributed by atoms with Gasteiger partial charge in [-0.3, -0.25) is 0 Å². The highest BCUT2D eigenvalue weighted by molar-refractivity contribution is 4.71. The van der Waals surface area contributed by atoms with Gasteiger partial charge in [0.15, 0.2) is 0 Å². The monoisotopic (exact) mass is 187 g/mol. The number of rotatable bonds is 2. The van der Waals surface area contributed by atoms with E-state index in [1.165, 1.54) is 13.5 Å². The second-order valence-corrected chi connectivity index (χ2v) is 3.83. The van der Waals surface area contributed by atoms with Gasteiger partial charge in [-0.1, -0.05) is 13.8 Å². The molecule has 0 aromatic rings. The largest absolute Gasteiger partial charge is 0.461 e. The first-order valence-corrected chi connectivity index (χ1v) is 4.59. The molecule has 1 rings (SSSR count). The fourth-order valence-electron chi connectivity index (χ4n) is 1.84. The Morgan fingerprint density at radius 1 is 1.38 bits per heavy atom. The summed E-state index contributed by atoms with van der Waals surface area (Å²) in [6, 6.07) is 0. The maximum atomic E-state index is 10.8. The van der Waals surface area contributed by atoms with Gasteiger partial charge >= 0.3 is 0 Å². The van der Waals surface area contributed by atoms with E-state index in [9.17, 15) is 5.21 Å². The van der Waals surface area contributed by atoms with E-state index in [1.807, 2.05) is 0 Å². The summed E-state index contributed by atoms with van der Waals surface area (Å²) < 4.78 is 0. The van der Waals surface area contributed by atoms with Crippen LogP contribution in [-0.2, 0) is 4.84 Å². The molecule has 76 valence electrons. The Labute approximate surface area is 78.5 Å². The molecule has 0 bridgehead atoms. The summed E-state index contributed by atoms with van der Waals surface area (Å²) in [7, 11) is 1.31. The zero-order valence-corrected chi connectivity index (χ0v) is 8.43. The highest BCUT2D eigenvalue weighted by Gasteiger charge is 2.26. The Bertz CT molecular complexity index is 186. The molecule has 1 saturated heterocycles. The van der Waals surface area contributed by atoms with Crippen molar-refractivity contribution >= 4 is 0 Å². The van der Waals surface area contributed by atoms with Crippen LogP contribution in [0.1, 0.15) is 20.3 Å². The van der Waals surface area contributed by atoms with Gasteiger partial charge in [-0.15, -0.1) is 0 Å². The summed E-state index contributed by atoms with van der Waals surface area (Å²) in [6.45, 7) is 6.01. The zero-order valence-electron chi connectivity index (χ0n) is 8.43. The van der Waals surface area contributed by atoms with Gasteiger partial charge in [-0.05, 0) is 18.3 Å². The van der Waals surface area contributed by atoms with E-state index in [0.29, 0.717) is 11.8 Å². The lowest BCUT2D eigenvalue weighted by Crippen LogP contribution is -2.35. The molecule has 13 heavy (non-hydrogen) atoms. The minimum atomic E-state index is 0.255. The molecular weight excluding hydrogens is 170 g/mol. The van der Waals surface area contributed by atoms with E-state index in [-0.39, 0.29) is 5.02 Å². The van der Waals surface area contributed by atoms with Crippen LogP contribution >= 0.6 is 0 Å². The SMILES string of the molecule is CO/[N+]([O-])=N/N1CC(C)CC(C)C1. The van der Waals surface area contributed by atoms with Crippen LogP contribution < -0.4 is 0 Å². The molecule has 1 aliphatic rings. The quantitative estimate of drug-likeness (QED) is 0.485. The minimum Gasteiger partial charge on any atom is -0.461 e. The zero-order chi connectivity index (χ0) is 9.84. The molecule has 0 radical (unpaired) electrons. The molecule has 0 aliphatic carbocycles. The minimum absolute atomic E-state index is 0.255. The van der Waals surface area contributed by atoms with E-state index in [1.54, 1.807) is 5.01 Å². The predicted octanol–water partition coefficient (Wildman–Crippen LogP) is 1.40. The maximum absolute atomic E-state index is 10.8. The van der Waals surface area contributed by atoms with Gasteiger partial charge in [-0.25, -0.2) is 0 Å². The van der Waals surface area contributed by atoms with Crippen molar-refractivity contribution in [1.82, 2.24) is 5.01 Å². The van der Waals surface area contributed by atoms with Gasteiger partial charge < -0.3 is 10.0 Å². The van der Waals surface area contributed by atoms with Crippen LogP contribution in [0.5, 0.6) is 0 Å². The third kappa shape index (κ3) is 3.08. The van der Waals surface area contributed by atoms with Crippen molar-refractivity contribution in [3.8, 4) is 0 Å². The summed E-state index contributed by atoms with van der Waals surface area (Å²) in [5.41, 5.74) is 0. The van der Waals surface area contributed by atoms with E-state index >= 15 is 0 Å². The topological polar surface area (TPSA) is 50.9 Å². The van der Waals surface area contributed by atoms with E-state index in [0.717, 1.165) is 13.1 Å². The summed E-state index contributed by atoms with van der Waals surface area (Å²) in [5, 5.41) is 16.6. The summed E-state index contributed by atoms with van der Waals surface area (Å²) in [4.78, 5) is 4.39. The van der Waals surface area contributed by atoms with Crippen molar-refractivity contribution in [3.63, 3.8) is 0 Å². The molecule has 5 nitrogen and oxygen atoms in total. The fraction of sp³-hybridized carbons (Fsp3) is 1.00. The van der Waals surface area contributed by atoms with Crippen molar-refractivity contribution in [1.29, 1.82) is 0 Å². The van der Waals surface area contributed by atoms with Crippen LogP contribution in [0.3, 0.4) is 0 Å². The highest BCUT2D eigenvalue weighted by atomic mass is 16.9. The first kappa shape index (κ1) is 10.1. The molecule has 5 heteroatoms. The van der Waals surface area contributed by atoms with Gasteiger partial charge in [0, 0.05) is 7.11 Å². The predicted molar refractivity (Wildman–Crippen MR) is 47.6 cm³/mol. The molecule has 0 spiro atoms. The van der Waals surface area contributed by atoms with Gasteiger partial charge in [0.1, 0.15) is 18.3 Å². The van der Waals surface area contributed by atoms with Gasteiger partial charge in [0.25, 0.3) is 0 Å². The van der Waals surface area contributed by atoms with E-state index in [2.05, 4.69) is 23.9 Å². The summed E-state index contributed by atoms with van der Waals surface area (Å²) >= 11 is 0. The van der Waals surface area contributed by atoms with E-state index in [4.69, 9.17) is 0 Å². The van der Waals surface area contributed by atoms with Crippen molar-refractivity contribution in [3.05, 3.63) is 5.21 Å². The second kappa shape index (κ2) is 4.30. The number of piperidine rings is 1. The third-order valence-electron chi connectivity index (χ3n) is 2.21. The van der Waals surface area contributed by atoms with Gasteiger partial charge in [-0.2, -0.15) is 5.01 Å². The maximum Gasteiger partial charge on any atom is 0.130 e. The standard InChI is InChI=1S/C8H17N3O2/c1-7-4-8(2)6-10(5-7)9-11(12)13-3/h7-8H,4-6H2,1-3H3/b11-9+. The summed E-state index contributed by atoms with van der Waals surface area (Å²) in [5.74, 6) is 1.19. The first-order valence-electron chi connectivity index (χ1n) is 4.59. The van der Waals surface area contributed by atoms with Crippen molar-refractivity contribution < 1.29 is 9.86 Å². The summed E-state index contributed by atoms with van der Waals surface area (Å²) in [6.07, 6.45) is 1.21. The van der Waals surface area contributed by atoms with E-state index < -0.39 is 0 Å². The lowest BCUT2D eigenvalue weighted by atomic mass is 9.93. The molecule has 1 fully saturated rings. The molecule has 1 aliphatic heterocycles. The Morgan fingerprint density at radius 2 is 1.92 bits per heavy atom. The van der Waals surface area contributed by atoms with Crippen molar-refractivity contribution in [2.75, 3.05) is 20.2 Å². The fourth-order valence-corrected chi connectivity index (χ4v) is 1.84. The van der Waals surface area contributed by atoms with Crippen LogP contribution in [0.25, 0.3) is 0 Å². The molecular formula is C8H17N3O2. The van der Waals surface area contributed by atoms with Crippen LogP contribution in [-0.4, -0.2) is 30.2 Å². The molecule has 0 aromatic carbocycles. The highest BCUT2D eigenvalue weighted by Crippen LogP contribution is 2.20. The molecule has 0 aromatic heterocycles. The Kier molecular flexibility index (Phi) is 3.33. The Balaban J connectivity index is 2.50. The van der Waals surface area contributed by atoms with Crippen LogP contribution in [0.4, 0.5) is 0 Å². The number of nitrogens with zero attached hydrogens (tertiary/aromatic N) is 3. The van der Waals surface area contributed by atoms with Crippen LogP contribution in [0.15, 0.2) is 5.22 Å². The Morgan fingerprint density at radius 3 is 2.38 bits per heavy atom. The number of hydrogen-bond donors (Lipinski definition) is 0. The number of hydrogen-bond acceptors (Lipinski definition) is 3. The molecule has 1 heterocycles. The average molecular weight is 187 g/mol. The van der Waals surface area contributed by atoms with Crippen molar-refractivity contribution in [2.45, 2.75) is 20.3 Å². The lowest BCUT2D eigenvalue weighted by molar-refractivity contribution is -0.791. The van der Waals surface area contributed by atoms with Crippen LogP contribution in [0, 0.1) is 17.0 Å².